The Morgan fingerprint density at radius 2 is 1.90 bits per heavy atom. The number of aliphatic hydroxyl groups excluding tert-OH is 1. The molecule has 1 rings (SSSR count). The van der Waals surface area contributed by atoms with Gasteiger partial charge in [-0.2, -0.15) is 0 Å². The smallest absolute Gasteiger partial charge is 0.0571 e. The molecule has 1 N–H and O–H groups in total. The summed E-state index contributed by atoms with van der Waals surface area (Å²) in [7, 11) is 0. The van der Waals surface area contributed by atoms with E-state index in [1.165, 1.54) is 12.8 Å². The van der Waals surface area contributed by atoms with Gasteiger partial charge in [-0.15, -0.1) is 0 Å². The summed E-state index contributed by atoms with van der Waals surface area (Å²) in [5.41, 5.74) is 0. The Labute approximate surface area is 63.4 Å². The van der Waals surface area contributed by atoms with Crippen LogP contribution in [-0.4, -0.2) is 11.2 Å². The van der Waals surface area contributed by atoms with Gasteiger partial charge >= 0.3 is 0 Å². The molecule has 0 aliphatic heterocycles. The maximum atomic E-state index is 9.49. The summed E-state index contributed by atoms with van der Waals surface area (Å²) >= 11 is 0. The molecule has 3 atom stereocenters. The molecule has 60 valence electrons. The van der Waals surface area contributed by atoms with Crippen LogP contribution in [0.4, 0.5) is 0 Å². The number of rotatable bonds is 2. The summed E-state index contributed by atoms with van der Waals surface area (Å²) < 4.78 is 0. The van der Waals surface area contributed by atoms with Gasteiger partial charge in [-0.25, -0.2) is 0 Å². The molecule has 0 unspecified atom stereocenters. The monoisotopic (exact) mass is 142 g/mol. The van der Waals surface area contributed by atoms with Crippen LogP contribution < -0.4 is 0 Å². The zero-order valence-electron chi connectivity index (χ0n) is 7.01. The number of aliphatic hydroxyl groups is 1. The van der Waals surface area contributed by atoms with E-state index in [4.69, 9.17) is 0 Å². The van der Waals surface area contributed by atoms with Crippen molar-refractivity contribution >= 4 is 0 Å². The summed E-state index contributed by atoms with van der Waals surface area (Å²) in [6, 6.07) is 0. The highest BCUT2D eigenvalue weighted by atomic mass is 16.3. The second kappa shape index (κ2) is 3.38. The Hall–Kier alpha value is -0.0400. The fraction of sp³-hybridized carbons (Fsp3) is 1.00. The molecule has 0 spiro atoms. The summed E-state index contributed by atoms with van der Waals surface area (Å²) in [6.45, 7) is 4.39. The maximum absolute atomic E-state index is 9.49. The van der Waals surface area contributed by atoms with Crippen LogP contribution >= 0.6 is 0 Å². The van der Waals surface area contributed by atoms with Gasteiger partial charge in [-0.05, 0) is 24.7 Å². The molecule has 0 saturated heterocycles. The first-order valence-electron chi connectivity index (χ1n) is 4.46. The minimum atomic E-state index is 0.00921. The van der Waals surface area contributed by atoms with Crippen molar-refractivity contribution in [1.82, 2.24) is 0 Å². The standard InChI is InChI=1S/C9H18O/c1-3-7-5-8(4-2)9(10)6-7/h7-10H,3-6H2,1-2H3/t7-,8+,9-/m1/s1. The molecule has 0 aromatic carbocycles. The lowest BCUT2D eigenvalue weighted by Crippen LogP contribution is -2.11. The van der Waals surface area contributed by atoms with E-state index in [0.717, 1.165) is 18.8 Å². The van der Waals surface area contributed by atoms with Crippen molar-refractivity contribution in [1.29, 1.82) is 0 Å². The van der Waals surface area contributed by atoms with E-state index in [9.17, 15) is 5.11 Å². The van der Waals surface area contributed by atoms with Crippen molar-refractivity contribution in [2.24, 2.45) is 11.8 Å². The first-order chi connectivity index (χ1) is 4.77. The van der Waals surface area contributed by atoms with E-state index >= 15 is 0 Å². The fourth-order valence-corrected chi connectivity index (χ4v) is 1.99. The van der Waals surface area contributed by atoms with Crippen molar-refractivity contribution in [3.05, 3.63) is 0 Å². The highest BCUT2D eigenvalue weighted by molar-refractivity contribution is 4.81. The van der Waals surface area contributed by atoms with E-state index in [2.05, 4.69) is 13.8 Å². The lowest BCUT2D eigenvalue weighted by Gasteiger charge is -2.09. The minimum Gasteiger partial charge on any atom is -0.393 e. The van der Waals surface area contributed by atoms with Crippen LogP contribution in [0.25, 0.3) is 0 Å². The van der Waals surface area contributed by atoms with Crippen molar-refractivity contribution in [2.75, 3.05) is 0 Å². The maximum Gasteiger partial charge on any atom is 0.0571 e. The normalized spacial score (nSPS) is 40.5. The lowest BCUT2D eigenvalue weighted by molar-refractivity contribution is 0.129. The molecular formula is C9H18O. The van der Waals surface area contributed by atoms with Crippen LogP contribution in [0.2, 0.25) is 0 Å². The molecule has 0 amide bonds. The summed E-state index contributed by atoms with van der Waals surface area (Å²) in [5, 5.41) is 9.49. The molecule has 1 fully saturated rings. The lowest BCUT2D eigenvalue weighted by atomic mass is 10.0. The van der Waals surface area contributed by atoms with Gasteiger partial charge in [0, 0.05) is 0 Å². The summed E-state index contributed by atoms with van der Waals surface area (Å²) in [4.78, 5) is 0. The second-order valence-corrected chi connectivity index (χ2v) is 3.48. The van der Waals surface area contributed by atoms with Gasteiger partial charge < -0.3 is 5.11 Å². The Morgan fingerprint density at radius 1 is 1.20 bits per heavy atom. The Balaban J connectivity index is 2.36. The first kappa shape index (κ1) is 8.06. The quantitative estimate of drug-likeness (QED) is 0.626. The van der Waals surface area contributed by atoms with E-state index < -0.39 is 0 Å². The van der Waals surface area contributed by atoms with E-state index in [1.54, 1.807) is 0 Å². The van der Waals surface area contributed by atoms with Crippen LogP contribution in [0.1, 0.15) is 39.5 Å². The number of hydrogen-bond acceptors (Lipinski definition) is 1. The van der Waals surface area contributed by atoms with Crippen LogP contribution in [-0.2, 0) is 0 Å². The molecule has 0 radical (unpaired) electrons. The van der Waals surface area contributed by atoms with Gasteiger partial charge in [-0.3, -0.25) is 0 Å². The SMILES string of the molecule is CC[C@@H]1C[C@H](CC)[C@H](O)C1. The largest absolute Gasteiger partial charge is 0.393 e. The minimum absolute atomic E-state index is 0.00921. The van der Waals surface area contributed by atoms with Crippen LogP contribution in [0.15, 0.2) is 0 Å². The van der Waals surface area contributed by atoms with Gasteiger partial charge in [0.2, 0.25) is 0 Å². The first-order valence-corrected chi connectivity index (χ1v) is 4.46. The van der Waals surface area contributed by atoms with Crippen LogP contribution in [0.5, 0.6) is 0 Å². The third-order valence-electron chi connectivity index (χ3n) is 2.86. The Bertz CT molecular complexity index is 101. The molecule has 0 aromatic rings. The molecule has 0 bridgehead atoms. The van der Waals surface area contributed by atoms with Gasteiger partial charge in [0.15, 0.2) is 0 Å². The second-order valence-electron chi connectivity index (χ2n) is 3.48. The van der Waals surface area contributed by atoms with Crippen molar-refractivity contribution in [3.63, 3.8) is 0 Å². The van der Waals surface area contributed by atoms with Gasteiger partial charge in [0.25, 0.3) is 0 Å². The molecular weight excluding hydrogens is 124 g/mol. The van der Waals surface area contributed by atoms with Crippen LogP contribution in [0.3, 0.4) is 0 Å². The van der Waals surface area contributed by atoms with E-state index in [-0.39, 0.29) is 6.10 Å². The van der Waals surface area contributed by atoms with Gasteiger partial charge in [0.1, 0.15) is 0 Å². The molecule has 1 saturated carbocycles. The molecule has 1 aliphatic rings. The predicted molar refractivity (Wildman–Crippen MR) is 42.8 cm³/mol. The molecule has 1 aliphatic carbocycles. The number of hydrogen-bond donors (Lipinski definition) is 1. The zero-order chi connectivity index (χ0) is 7.56. The van der Waals surface area contributed by atoms with E-state index in [1.807, 2.05) is 0 Å². The summed E-state index contributed by atoms with van der Waals surface area (Å²) in [6.07, 6.45) is 4.71. The fourth-order valence-electron chi connectivity index (χ4n) is 1.99. The average molecular weight is 142 g/mol. The highest BCUT2D eigenvalue weighted by Crippen LogP contribution is 2.34. The van der Waals surface area contributed by atoms with Crippen LogP contribution in [0, 0.1) is 11.8 Å². The van der Waals surface area contributed by atoms with Gasteiger partial charge in [0.05, 0.1) is 6.10 Å². The molecule has 1 nitrogen and oxygen atoms in total. The van der Waals surface area contributed by atoms with Crippen molar-refractivity contribution in [2.45, 2.75) is 45.6 Å². The summed E-state index contributed by atoms with van der Waals surface area (Å²) in [5.74, 6) is 1.41. The Kier molecular flexibility index (Phi) is 2.72. The van der Waals surface area contributed by atoms with Gasteiger partial charge in [-0.1, -0.05) is 26.7 Å². The molecule has 0 heterocycles. The molecule has 0 aromatic heterocycles. The predicted octanol–water partition coefficient (Wildman–Crippen LogP) is 2.19. The topological polar surface area (TPSA) is 20.2 Å². The third-order valence-corrected chi connectivity index (χ3v) is 2.86. The highest BCUT2D eigenvalue weighted by Gasteiger charge is 2.29. The Morgan fingerprint density at radius 3 is 2.20 bits per heavy atom. The molecule has 1 heteroatoms. The molecule has 10 heavy (non-hydrogen) atoms. The van der Waals surface area contributed by atoms with Crippen molar-refractivity contribution in [3.8, 4) is 0 Å². The average Bonchev–Trinajstić information content (AvgIpc) is 2.30. The zero-order valence-corrected chi connectivity index (χ0v) is 7.01. The third kappa shape index (κ3) is 1.51. The van der Waals surface area contributed by atoms with Crippen molar-refractivity contribution < 1.29 is 5.11 Å². The van der Waals surface area contributed by atoms with E-state index in [0.29, 0.717) is 5.92 Å².